The second-order valence-corrected chi connectivity index (χ2v) is 6.49. The van der Waals surface area contributed by atoms with Crippen LogP contribution < -0.4 is 14.2 Å². The standard InChI is InChI=1S/C16H14N2O6S/c1-23-14-8-11(16(19)20)7-13(15(14)24-2)18-25(21,22)12-5-3-10(9-17)4-6-12/h3-8,18H,1-2H3,(H,19,20). The Morgan fingerprint density at radius 2 is 1.80 bits per heavy atom. The molecule has 0 unspecified atom stereocenters. The van der Waals surface area contributed by atoms with E-state index in [9.17, 15) is 13.2 Å². The van der Waals surface area contributed by atoms with Crippen molar-refractivity contribution in [3.63, 3.8) is 0 Å². The molecule has 9 heteroatoms. The molecule has 2 N–H and O–H groups in total. The zero-order valence-electron chi connectivity index (χ0n) is 13.3. The molecule has 0 saturated heterocycles. The van der Waals surface area contributed by atoms with E-state index in [0.29, 0.717) is 5.56 Å². The molecule has 0 bridgehead atoms. The van der Waals surface area contributed by atoms with Gasteiger partial charge in [-0.15, -0.1) is 0 Å². The number of anilines is 1. The SMILES string of the molecule is COc1cc(C(=O)O)cc(NS(=O)(=O)c2ccc(C#N)cc2)c1OC. The highest BCUT2D eigenvalue weighted by Gasteiger charge is 2.21. The minimum Gasteiger partial charge on any atom is -0.493 e. The van der Waals surface area contributed by atoms with Crippen LogP contribution in [-0.4, -0.2) is 33.7 Å². The molecule has 8 nitrogen and oxygen atoms in total. The van der Waals surface area contributed by atoms with E-state index in [-0.39, 0.29) is 27.6 Å². The van der Waals surface area contributed by atoms with Gasteiger partial charge in [0.1, 0.15) is 0 Å². The molecular weight excluding hydrogens is 348 g/mol. The first-order valence-electron chi connectivity index (χ1n) is 6.84. The number of methoxy groups -OCH3 is 2. The van der Waals surface area contributed by atoms with Gasteiger partial charge in [-0.3, -0.25) is 4.72 Å². The lowest BCUT2D eigenvalue weighted by Gasteiger charge is -2.15. The van der Waals surface area contributed by atoms with E-state index >= 15 is 0 Å². The van der Waals surface area contributed by atoms with Crippen LogP contribution in [0.1, 0.15) is 15.9 Å². The largest absolute Gasteiger partial charge is 0.493 e. The van der Waals surface area contributed by atoms with Crippen LogP contribution >= 0.6 is 0 Å². The van der Waals surface area contributed by atoms with Crippen molar-refractivity contribution >= 4 is 21.7 Å². The van der Waals surface area contributed by atoms with E-state index in [2.05, 4.69) is 4.72 Å². The second kappa shape index (κ2) is 7.11. The molecule has 0 fully saturated rings. The first-order chi connectivity index (χ1) is 11.8. The fraction of sp³-hybridized carbons (Fsp3) is 0.125. The van der Waals surface area contributed by atoms with Gasteiger partial charge >= 0.3 is 5.97 Å². The van der Waals surface area contributed by atoms with E-state index in [1.54, 1.807) is 0 Å². The minimum atomic E-state index is -4.03. The Labute approximate surface area is 144 Å². The van der Waals surface area contributed by atoms with E-state index in [0.717, 1.165) is 6.07 Å². The Balaban J connectivity index is 2.51. The number of hydrogen-bond acceptors (Lipinski definition) is 6. The molecule has 25 heavy (non-hydrogen) atoms. The van der Waals surface area contributed by atoms with Gasteiger partial charge in [0, 0.05) is 0 Å². The van der Waals surface area contributed by atoms with Gasteiger partial charge in [0.2, 0.25) is 0 Å². The molecule has 0 atom stereocenters. The van der Waals surface area contributed by atoms with E-state index in [1.807, 2.05) is 6.07 Å². The van der Waals surface area contributed by atoms with Gasteiger partial charge in [0.15, 0.2) is 11.5 Å². The Kier molecular flexibility index (Phi) is 5.14. The minimum absolute atomic E-state index is 0.0460. The number of rotatable bonds is 6. The van der Waals surface area contributed by atoms with Gasteiger partial charge in [-0.2, -0.15) is 5.26 Å². The highest BCUT2D eigenvalue weighted by Crippen LogP contribution is 2.37. The number of nitriles is 1. The summed E-state index contributed by atoms with van der Waals surface area (Å²) in [4.78, 5) is 11.1. The monoisotopic (exact) mass is 362 g/mol. The second-order valence-electron chi connectivity index (χ2n) is 4.81. The number of carboxylic acids is 1. The van der Waals surface area contributed by atoms with Gasteiger partial charge in [0.25, 0.3) is 10.0 Å². The lowest BCUT2D eigenvalue weighted by Crippen LogP contribution is -2.14. The zero-order chi connectivity index (χ0) is 18.6. The van der Waals surface area contributed by atoms with Crippen molar-refractivity contribution in [2.24, 2.45) is 0 Å². The van der Waals surface area contributed by atoms with Crippen molar-refractivity contribution in [1.29, 1.82) is 5.26 Å². The van der Waals surface area contributed by atoms with Crippen LogP contribution in [0.15, 0.2) is 41.3 Å². The number of hydrogen-bond donors (Lipinski definition) is 2. The molecule has 2 aromatic carbocycles. The summed E-state index contributed by atoms with van der Waals surface area (Å²) in [6.45, 7) is 0. The summed E-state index contributed by atoms with van der Waals surface area (Å²) in [5.74, 6) is -1.13. The molecule has 2 aromatic rings. The molecule has 0 aliphatic rings. The lowest BCUT2D eigenvalue weighted by molar-refractivity contribution is 0.0696. The number of carbonyl (C=O) groups is 1. The molecule has 0 radical (unpaired) electrons. The number of benzene rings is 2. The van der Waals surface area contributed by atoms with Crippen molar-refractivity contribution in [1.82, 2.24) is 0 Å². The fourth-order valence-electron chi connectivity index (χ4n) is 2.08. The van der Waals surface area contributed by atoms with Crippen molar-refractivity contribution in [2.75, 3.05) is 18.9 Å². The van der Waals surface area contributed by atoms with E-state index in [4.69, 9.17) is 19.8 Å². The Morgan fingerprint density at radius 1 is 1.16 bits per heavy atom. The molecule has 130 valence electrons. The molecular formula is C16H14N2O6S. The Bertz CT molecular complexity index is 946. The van der Waals surface area contributed by atoms with Gasteiger partial charge in [0.05, 0.1) is 42.0 Å². The third-order valence-corrected chi connectivity index (χ3v) is 4.65. The fourth-order valence-corrected chi connectivity index (χ4v) is 3.13. The van der Waals surface area contributed by atoms with Gasteiger partial charge < -0.3 is 14.6 Å². The smallest absolute Gasteiger partial charge is 0.335 e. The first-order valence-corrected chi connectivity index (χ1v) is 8.33. The maximum atomic E-state index is 12.5. The molecule has 0 aliphatic heterocycles. The normalized spacial score (nSPS) is 10.6. The average Bonchev–Trinajstić information content (AvgIpc) is 2.60. The maximum Gasteiger partial charge on any atom is 0.335 e. The van der Waals surface area contributed by atoms with Crippen LogP contribution in [0.2, 0.25) is 0 Å². The van der Waals surface area contributed by atoms with Crippen LogP contribution in [-0.2, 0) is 10.0 Å². The summed E-state index contributed by atoms with van der Waals surface area (Å²) in [5, 5.41) is 17.9. The number of sulfonamides is 1. The Hall–Kier alpha value is -3.25. The summed E-state index contributed by atoms with van der Waals surface area (Å²) < 4.78 is 37.5. The third-order valence-electron chi connectivity index (χ3n) is 3.26. The number of ether oxygens (including phenoxy) is 2. The molecule has 0 aliphatic carbocycles. The first kappa shape index (κ1) is 18.1. The van der Waals surface area contributed by atoms with E-state index < -0.39 is 16.0 Å². The van der Waals surface area contributed by atoms with Crippen LogP contribution in [0.5, 0.6) is 11.5 Å². The molecule has 0 heterocycles. The van der Waals surface area contributed by atoms with Crippen LogP contribution in [0, 0.1) is 11.3 Å². The zero-order valence-corrected chi connectivity index (χ0v) is 14.1. The number of carboxylic acid groups (broad SMARTS) is 1. The number of aromatic carboxylic acids is 1. The van der Waals surface area contributed by atoms with Gasteiger partial charge in [-0.05, 0) is 36.4 Å². The van der Waals surface area contributed by atoms with Gasteiger partial charge in [-0.25, -0.2) is 13.2 Å². The lowest BCUT2D eigenvalue weighted by atomic mass is 10.1. The maximum absolute atomic E-state index is 12.5. The van der Waals surface area contributed by atoms with Crippen LogP contribution in [0.4, 0.5) is 5.69 Å². The molecule has 2 rings (SSSR count). The molecule has 0 amide bonds. The number of nitrogens with one attached hydrogen (secondary N) is 1. The van der Waals surface area contributed by atoms with Crippen molar-refractivity contribution in [3.05, 3.63) is 47.5 Å². The number of nitrogens with zero attached hydrogens (tertiary/aromatic N) is 1. The highest BCUT2D eigenvalue weighted by atomic mass is 32.2. The average molecular weight is 362 g/mol. The molecule has 0 saturated carbocycles. The van der Waals surface area contributed by atoms with Crippen LogP contribution in [0.3, 0.4) is 0 Å². The summed E-state index contributed by atoms with van der Waals surface area (Å²) in [7, 11) is -1.41. The summed E-state index contributed by atoms with van der Waals surface area (Å²) >= 11 is 0. The van der Waals surface area contributed by atoms with Crippen LogP contribution in [0.25, 0.3) is 0 Å². The predicted octanol–water partition coefficient (Wildman–Crippen LogP) is 2.07. The summed E-state index contributed by atoms with van der Waals surface area (Å²) in [6, 6.07) is 9.51. The Morgan fingerprint density at radius 3 is 2.28 bits per heavy atom. The third kappa shape index (κ3) is 3.81. The van der Waals surface area contributed by atoms with Crippen molar-refractivity contribution in [3.8, 4) is 17.6 Å². The molecule has 0 spiro atoms. The summed E-state index contributed by atoms with van der Waals surface area (Å²) in [6.07, 6.45) is 0. The summed E-state index contributed by atoms with van der Waals surface area (Å²) in [5.41, 5.74) is 0.0601. The predicted molar refractivity (Wildman–Crippen MR) is 88.5 cm³/mol. The van der Waals surface area contributed by atoms with Gasteiger partial charge in [-0.1, -0.05) is 0 Å². The van der Waals surface area contributed by atoms with E-state index in [1.165, 1.54) is 44.6 Å². The highest BCUT2D eigenvalue weighted by molar-refractivity contribution is 7.92. The quantitative estimate of drug-likeness (QED) is 0.805. The molecule has 0 aromatic heterocycles. The van der Waals surface area contributed by atoms with Crippen molar-refractivity contribution in [2.45, 2.75) is 4.90 Å². The van der Waals surface area contributed by atoms with Crippen molar-refractivity contribution < 1.29 is 27.8 Å². The topological polar surface area (TPSA) is 126 Å².